The first-order valence-electron chi connectivity index (χ1n) is 9.05. The molecule has 9 heteroatoms. The van der Waals surface area contributed by atoms with Gasteiger partial charge in [-0.25, -0.2) is 10.4 Å². The number of pyridine rings is 1. The molecule has 2 heterocycles. The summed E-state index contributed by atoms with van der Waals surface area (Å²) in [6.07, 6.45) is 2.91. The lowest BCUT2D eigenvalue weighted by atomic mass is 10.2. The van der Waals surface area contributed by atoms with Crippen molar-refractivity contribution in [2.45, 2.75) is 6.54 Å². The van der Waals surface area contributed by atoms with Gasteiger partial charge in [-0.15, -0.1) is 0 Å². The van der Waals surface area contributed by atoms with Gasteiger partial charge in [0.25, 0.3) is 11.6 Å². The Bertz CT molecular complexity index is 1250. The van der Waals surface area contributed by atoms with Crippen molar-refractivity contribution < 1.29 is 9.72 Å². The summed E-state index contributed by atoms with van der Waals surface area (Å²) in [6.45, 7) is -0.0410. The van der Waals surface area contributed by atoms with Crippen molar-refractivity contribution in [1.29, 1.82) is 0 Å². The molecule has 0 fully saturated rings. The van der Waals surface area contributed by atoms with Gasteiger partial charge >= 0.3 is 0 Å². The number of nitrogens with one attached hydrogen (secondary N) is 1. The summed E-state index contributed by atoms with van der Waals surface area (Å²) in [5, 5.41) is 14.9. The SMILES string of the molecule is O=C(Cn1c(-c2ccccn2)nc2ccccc21)N/N=C/c1ccccc1[N+](=O)[O-]. The highest BCUT2D eigenvalue weighted by Gasteiger charge is 2.16. The Kier molecular flexibility index (Phi) is 5.25. The number of imidazole rings is 1. The molecule has 4 rings (SSSR count). The van der Waals surface area contributed by atoms with Crippen LogP contribution in [0.2, 0.25) is 0 Å². The Balaban J connectivity index is 1.57. The third-order valence-corrected chi connectivity index (χ3v) is 4.38. The molecule has 0 radical (unpaired) electrons. The van der Waals surface area contributed by atoms with E-state index in [-0.39, 0.29) is 12.2 Å². The molecule has 4 aromatic rings. The van der Waals surface area contributed by atoms with Crippen LogP contribution in [0.25, 0.3) is 22.6 Å². The van der Waals surface area contributed by atoms with Gasteiger partial charge in [0.1, 0.15) is 12.2 Å². The highest BCUT2D eigenvalue weighted by atomic mass is 16.6. The number of nitrogens with zero attached hydrogens (tertiary/aromatic N) is 5. The molecule has 0 aliphatic rings. The molecule has 9 nitrogen and oxygen atoms in total. The van der Waals surface area contributed by atoms with Crippen LogP contribution in [0.4, 0.5) is 5.69 Å². The number of hydrazone groups is 1. The molecule has 0 bridgehead atoms. The van der Waals surface area contributed by atoms with Crippen molar-refractivity contribution in [1.82, 2.24) is 20.0 Å². The lowest BCUT2D eigenvalue weighted by Crippen LogP contribution is -2.23. The number of benzene rings is 2. The first-order chi connectivity index (χ1) is 14.6. The van der Waals surface area contributed by atoms with Crippen LogP contribution >= 0.6 is 0 Å². The number of hydrogen-bond donors (Lipinski definition) is 1. The number of aromatic nitrogens is 3. The van der Waals surface area contributed by atoms with Crippen LogP contribution in [0.1, 0.15) is 5.56 Å². The van der Waals surface area contributed by atoms with Crippen LogP contribution in [0.3, 0.4) is 0 Å². The van der Waals surface area contributed by atoms with Gasteiger partial charge in [0.2, 0.25) is 0 Å². The van der Waals surface area contributed by atoms with Gasteiger partial charge in [-0.3, -0.25) is 19.9 Å². The van der Waals surface area contributed by atoms with Crippen molar-refractivity contribution >= 4 is 28.8 Å². The van der Waals surface area contributed by atoms with Gasteiger partial charge in [-0.2, -0.15) is 5.10 Å². The zero-order valence-electron chi connectivity index (χ0n) is 15.7. The number of amides is 1. The van der Waals surface area contributed by atoms with Gasteiger partial charge in [-0.05, 0) is 30.3 Å². The number of nitro benzene ring substituents is 1. The molecular weight excluding hydrogens is 384 g/mol. The zero-order chi connectivity index (χ0) is 20.9. The summed E-state index contributed by atoms with van der Waals surface area (Å²) in [5.41, 5.74) is 4.80. The van der Waals surface area contributed by atoms with Crippen molar-refractivity contribution in [3.05, 3.63) is 88.6 Å². The molecule has 1 N–H and O–H groups in total. The van der Waals surface area contributed by atoms with E-state index < -0.39 is 10.8 Å². The highest BCUT2D eigenvalue weighted by Crippen LogP contribution is 2.23. The average molecular weight is 400 g/mol. The van der Waals surface area contributed by atoms with E-state index in [0.29, 0.717) is 17.1 Å². The van der Waals surface area contributed by atoms with Crippen LogP contribution in [0.5, 0.6) is 0 Å². The lowest BCUT2D eigenvalue weighted by molar-refractivity contribution is -0.385. The monoisotopic (exact) mass is 400 g/mol. The molecular formula is C21H16N6O3. The van der Waals surface area contributed by atoms with Crippen LogP contribution in [-0.2, 0) is 11.3 Å². The predicted octanol–water partition coefficient (Wildman–Crippen LogP) is 3.16. The van der Waals surface area contributed by atoms with E-state index in [4.69, 9.17) is 0 Å². The molecule has 1 amide bonds. The van der Waals surface area contributed by atoms with Crippen molar-refractivity contribution in [2.75, 3.05) is 0 Å². The van der Waals surface area contributed by atoms with Gasteiger partial charge in [0.05, 0.1) is 27.7 Å². The van der Waals surface area contributed by atoms with Crippen LogP contribution in [0.15, 0.2) is 78.0 Å². The highest BCUT2D eigenvalue weighted by molar-refractivity contribution is 5.87. The fraction of sp³-hybridized carbons (Fsp3) is 0.0476. The second-order valence-corrected chi connectivity index (χ2v) is 6.33. The lowest BCUT2D eigenvalue weighted by Gasteiger charge is -2.07. The minimum absolute atomic E-state index is 0.0410. The van der Waals surface area contributed by atoms with E-state index in [1.807, 2.05) is 36.4 Å². The number of para-hydroxylation sites is 3. The van der Waals surface area contributed by atoms with E-state index >= 15 is 0 Å². The van der Waals surface area contributed by atoms with Crippen LogP contribution < -0.4 is 5.43 Å². The summed E-state index contributed by atoms with van der Waals surface area (Å²) < 4.78 is 1.76. The standard InChI is InChI=1S/C21H16N6O3/c28-20(25-23-13-15-7-1-3-10-18(15)27(29)30)14-26-19-11-4-2-8-16(19)24-21(26)17-9-5-6-12-22-17/h1-13H,14H2,(H,25,28)/b23-13+. The van der Waals surface area contributed by atoms with E-state index in [1.165, 1.54) is 12.3 Å². The molecule has 0 unspecified atom stereocenters. The quantitative estimate of drug-likeness (QED) is 0.303. The first-order valence-corrected chi connectivity index (χ1v) is 9.05. The molecule has 0 atom stereocenters. The normalized spacial score (nSPS) is 11.1. The van der Waals surface area contributed by atoms with Crippen molar-refractivity contribution in [3.8, 4) is 11.5 Å². The predicted molar refractivity (Wildman–Crippen MR) is 112 cm³/mol. The number of hydrogen-bond acceptors (Lipinski definition) is 6. The van der Waals surface area contributed by atoms with Gasteiger partial charge in [-0.1, -0.05) is 30.3 Å². The summed E-state index contributed by atoms with van der Waals surface area (Å²) in [5.74, 6) is 0.166. The topological polar surface area (TPSA) is 115 Å². The Morgan fingerprint density at radius 2 is 1.87 bits per heavy atom. The summed E-state index contributed by atoms with van der Waals surface area (Å²) in [6, 6.07) is 19.1. The summed E-state index contributed by atoms with van der Waals surface area (Å²) in [4.78, 5) is 32.0. The third kappa shape index (κ3) is 3.90. The average Bonchev–Trinajstić information content (AvgIpc) is 3.13. The second kappa shape index (κ2) is 8.31. The van der Waals surface area contributed by atoms with Crippen molar-refractivity contribution in [3.63, 3.8) is 0 Å². The smallest absolute Gasteiger partial charge is 0.278 e. The fourth-order valence-corrected chi connectivity index (χ4v) is 3.04. The first kappa shape index (κ1) is 18.9. The fourth-order valence-electron chi connectivity index (χ4n) is 3.04. The van der Waals surface area contributed by atoms with Gasteiger partial charge in [0.15, 0.2) is 5.82 Å². The second-order valence-electron chi connectivity index (χ2n) is 6.33. The Hall–Kier alpha value is -4.40. The number of fused-ring (bicyclic) bond motifs is 1. The maximum Gasteiger partial charge on any atom is 0.278 e. The minimum atomic E-state index is -0.500. The van der Waals surface area contributed by atoms with Gasteiger partial charge in [0, 0.05) is 12.3 Å². The largest absolute Gasteiger partial charge is 0.313 e. The molecule has 30 heavy (non-hydrogen) atoms. The van der Waals surface area contributed by atoms with E-state index in [1.54, 1.807) is 35.0 Å². The minimum Gasteiger partial charge on any atom is -0.313 e. The molecule has 0 saturated carbocycles. The van der Waals surface area contributed by atoms with Crippen molar-refractivity contribution in [2.24, 2.45) is 5.10 Å². The van der Waals surface area contributed by atoms with E-state index in [0.717, 1.165) is 11.0 Å². The zero-order valence-corrected chi connectivity index (χ0v) is 15.7. The molecule has 0 aliphatic heterocycles. The summed E-state index contributed by atoms with van der Waals surface area (Å²) in [7, 11) is 0. The molecule has 0 saturated heterocycles. The molecule has 0 aliphatic carbocycles. The maximum absolute atomic E-state index is 12.5. The Morgan fingerprint density at radius 3 is 2.67 bits per heavy atom. The molecule has 2 aromatic carbocycles. The molecule has 2 aromatic heterocycles. The maximum atomic E-state index is 12.5. The van der Waals surface area contributed by atoms with Crippen LogP contribution in [-0.4, -0.2) is 31.6 Å². The third-order valence-electron chi connectivity index (χ3n) is 4.38. The molecule has 148 valence electrons. The van der Waals surface area contributed by atoms with Gasteiger partial charge < -0.3 is 4.57 Å². The summed E-state index contributed by atoms with van der Waals surface area (Å²) >= 11 is 0. The number of carbonyl (C=O) groups is 1. The Labute approximate surface area is 170 Å². The van der Waals surface area contributed by atoms with E-state index in [9.17, 15) is 14.9 Å². The number of nitro groups is 1. The van der Waals surface area contributed by atoms with E-state index in [2.05, 4.69) is 20.5 Å². The van der Waals surface area contributed by atoms with Crippen LogP contribution in [0, 0.1) is 10.1 Å². The molecule has 0 spiro atoms. The number of carbonyl (C=O) groups excluding carboxylic acids is 1. The Morgan fingerprint density at radius 1 is 1.10 bits per heavy atom. The number of rotatable bonds is 6.